The normalized spacial score (nSPS) is 21.9. The van der Waals surface area contributed by atoms with Gasteiger partial charge in [0.1, 0.15) is 0 Å². The minimum atomic E-state index is -0.293. The second kappa shape index (κ2) is 7.97. The number of ether oxygens (including phenoxy) is 6. The highest BCUT2D eigenvalue weighted by molar-refractivity contribution is 5.78. The molecule has 4 rings (SSSR count). The van der Waals surface area contributed by atoms with E-state index in [0.717, 1.165) is 23.1 Å². The van der Waals surface area contributed by atoms with Gasteiger partial charge in [-0.05, 0) is 47.4 Å². The van der Waals surface area contributed by atoms with E-state index in [9.17, 15) is 4.79 Å². The minimum absolute atomic E-state index is 0.0900. The Kier molecular flexibility index (Phi) is 5.37. The van der Waals surface area contributed by atoms with Crippen LogP contribution in [0.2, 0.25) is 0 Å². The first kappa shape index (κ1) is 20.2. The van der Waals surface area contributed by atoms with Crippen molar-refractivity contribution in [2.75, 3.05) is 42.2 Å². The summed E-state index contributed by atoms with van der Waals surface area (Å²) in [5.41, 5.74) is 3.03. The van der Waals surface area contributed by atoms with Crippen LogP contribution in [-0.2, 0) is 16.0 Å². The standard InChI is InChI=1S/C23H26O7/c1-25-16-7-12-6-14-11-30-23(24)21(14)20(15(12)10-17(16)26-2)13-8-18(27-3)22(29-5)19(9-13)28-4/h7-10,14,20-21H,6,11H2,1-5H3/t14?,20-,21+/m1/s1. The van der Waals surface area contributed by atoms with E-state index < -0.39 is 0 Å². The number of cyclic esters (lactones) is 1. The third-order valence-corrected chi connectivity index (χ3v) is 6.09. The molecule has 7 nitrogen and oxygen atoms in total. The van der Waals surface area contributed by atoms with Crippen LogP contribution < -0.4 is 23.7 Å². The quantitative estimate of drug-likeness (QED) is 0.672. The van der Waals surface area contributed by atoms with Gasteiger partial charge in [0.05, 0.1) is 48.1 Å². The molecule has 0 bridgehead atoms. The fourth-order valence-corrected chi connectivity index (χ4v) is 4.72. The Morgan fingerprint density at radius 2 is 1.40 bits per heavy atom. The molecule has 1 aliphatic carbocycles. The Hall–Kier alpha value is -3.09. The fourth-order valence-electron chi connectivity index (χ4n) is 4.72. The Morgan fingerprint density at radius 1 is 0.800 bits per heavy atom. The summed E-state index contributed by atoms with van der Waals surface area (Å²) in [6.07, 6.45) is 0.743. The van der Waals surface area contributed by atoms with Gasteiger partial charge >= 0.3 is 5.97 Å². The molecule has 2 aromatic rings. The predicted molar refractivity (Wildman–Crippen MR) is 109 cm³/mol. The van der Waals surface area contributed by atoms with E-state index in [1.54, 1.807) is 35.5 Å². The van der Waals surface area contributed by atoms with Crippen LogP contribution in [0.5, 0.6) is 28.7 Å². The van der Waals surface area contributed by atoms with Gasteiger partial charge in [-0.15, -0.1) is 0 Å². The molecule has 0 amide bonds. The van der Waals surface area contributed by atoms with E-state index in [-0.39, 0.29) is 23.7 Å². The van der Waals surface area contributed by atoms with Crippen LogP contribution in [-0.4, -0.2) is 48.1 Å². The van der Waals surface area contributed by atoms with Crippen molar-refractivity contribution >= 4 is 5.97 Å². The Bertz CT molecular complexity index is 943. The van der Waals surface area contributed by atoms with E-state index in [1.165, 1.54) is 0 Å². The maximum atomic E-state index is 12.7. The third-order valence-electron chi connectivity index (χ3n) is 6.09. The number of carbonyl (C=O) groups excluding carboxylic acids is 1. The maximum absolute atomic E-state index is 12.7. The molecule has 1 unspecified atom stereocenters. The van der Waals surface area contributed by atoms with Crippen molar-refractivity contribution in [3.8, 4) is 28.7 Å². The molecular weight excluding hydrogens is 388 g/mol. The van der Waals surface area contributed by atoms with Crippen LogP contribution >= 0.6 is 0 Å². The first-order chi connectivity index (χ1) is 14.6. The molecule has 0 spiro atoms. The molecular formula is C23H26O7. The van der Waals surface area contributed by atoms with Crippen molar-refractivity contribution in [2.45, 2.75) is 12.3 Å². The summed E-state index contributed by atoms with van der Waals surface area (Å²) in [6, 6.07) is 7.77. The van der Waals surface area contributed by atoms with Crippen molar-refractivity contribution in [1.82, 2.24) is 0 Å². The summed E-state index contributed by atoms with van der Waals surface area (Å²) in [4.78, 5) is 12.7. The van der Waals surface area contributed by atoms with E-state index in [4.69, 9.17) is 28.4 Å². The number of fused-ring (bicyclic) bond motifs is 2. The molecule has 1 heterocycles. The van der Waals surface area contributed by atoms with E-state index >= 15 is 0 Å². The highest BCUT2D eigenvalue weighted by Gasteiger charge is 2.48. The zero-order valence-corrected chi connectivity index (χ0v) is 17.8. The number of methoxy groups -OCH3 is 5. The molecule has 0 aromatic heterocycles. The van der Waals surface area contributed by atoms with Gasteiger partial charge < -0.3 is 28.4 Å². The van der Waals surface area contributed by atoms with E-state index in [0.29, 0.717) is 35.4 Å². The van der Waals surface area contributed by atoms with Crippen molar-refractivity contribution < 1.29 is 33.2 Å². The zero-order chi connectivity index (χ0) is 21.4. The van der Waals surface area contributed by atoms with Crippen molar-refractivity contribution in [3.63, 3.8) is 0 Å². The molecule has 1 fully saturated rings. The molecule has 0 saturated carbocycles. The van der Waals surface area contributed by atoms with Gasteiger partial charge in [0, 0.05) is 11.8 Å². The van der Waals surface area contributed by atoms with Gasteiger partial charge in [-0.2, -0.15) is 0 Å². The van der Waals surface area contributed by atoms with Gasteiger partial charge in [0.2, 0.25) is 5.75 Å². The van der Waals surface area contributed by atoms with Gasteiger partial charge in [-0.1, -0.05) is 0 Å². The van der Waals surface area contributed by atoms with Crippen LogP contribution in [0.25, 0.3) is 0 Å². The van der Waals surface area contributed by atoms with Crippen LogP contribution in [0.4, 0.5) is 0 Å². The summed E-state index contributed by atoms with van der Waals surface area (Å²) < 4.78 is 33.1. The summed E-state index contributed by atoms with van der Waals surface area (Å²) in [5.74, 6) is 2.27. The van der Waals surface area contributed by atoms with Crippen molar-refractivity contribution in [1.29, 1.82) is 0 Å². The minimum Gasteiger partial charge on any atom is -0.493 e. The average molecular weight is 414 g/mol. The Morgan fingerprint density at radius 3 is 1.97 bits per heavy atom. The molecule has 0 N–H and O–H groups in total. The lowest BCUT2D eigenvalue weighted by molar-refractivity contribution is -0.141. The number of benzene rings is 2. The van der Waals surface area contributed by atoms with Gasteiger partial charge in [0.25, 0.3) is 0 Å². The Balaban J connectivity index is 1.94. The topological polar surface area (TPSA) is 72.5 Å². The molecule has 7 heteroatoms. The summed E-state index contributed by atoms with van der Waals surface area (Å²) in [6.45, 7) is 0.415. The highest BCUT2D eigenvalue weighted by atomic mass is 16.5. The van der Waals surface area contributed by atoms with Crippen LogP contribution in [0.15, 0.2) is 24.3 Å². The SMILES string of the molecule is COc1cc2c(cc1OC)[C@@H](c1cc(OC)c(OC)c(OC)c1)[C@H]1C(=O)OCC1C2. The summed E-state index contributed by atoms with van der Waals surface area (Å²) in [7, 11) is 7.95. The number of hydrogen-bond acceptors (Lipinski definition) is 7. The molecule has 1 saturated heterocycles. The number of rotatable bonds is 6. The van der Waals surface area contributed by atoms with Gasteiger partial charge in [-0.25, -0.2) is 0 Å². The van der Waals surface area contributed by atoms with Crippen molar-refractivity contribution in [3.05, 3.63) is 41.0 Å². The van der Waals surface area contributed by atoms with Gasteiger partial charge in [-0.3, -0.25) is 4.79 Å². The second-order valence-corrected chi connectivity index (χ2v) is 7.46. The van der Waals surface area contributed by atoms with Crippen LogP contribution in [0.3, 0.4) is 0 Å². The zero-order valence-electron chi connectivity index (χ0n) is 17.8. The lowest BCUT2D eigenvalue weighted by atomic mass is 9.67. The predicted octanol–water partition coefficient (Wildman–Crippen LogP) is 3.21. The fraction of sp³-hybridized carbons (Fsp3) is 0.435. The molecule has 1 aliphatic heterocycles. The Labute approximate surface area is 175 Å². The van der Waals surface area contributed by atoms with E-state index in [1.807, 2.05) is 24.3 Å². The lowest BCUT2D eigenvalue weighted by Crippen LogP contribution is -2.31. The van der Waals surface area contributed by atoms with Crippen LogP contribution in [0.1, 0.15) is 22.6 Å². The first-order valence-electron chi connectivity index (χ1n) is 9.77. The van der Waals surface area contributed by atoms with E-state index in [2.05, 4.69) is 0 Å². The number of esters is 1. The molecule has 2 aliphatic rings. The highest BCUT2D eigenvalue weighted by Crippen LogP contribution is 2.51. The molecule has 160 valence electrons. The largest absolute Gasteiger partial charge is 0.493 e. The number of carbonyl (C=O) groups is 1. The second-order valence-electron chi connectivity index (χ2n) is 7.46. The maximum Gasteiger partial charge on any atom is 0.310 e. The first-order valence-corrected chi connectivity index (χ1v) is 9.77. The smallest absolute Gasteiger partial charge is 0.310 e. The monoisotopic (exact) mass is 414 g/mol. The van der Waals surface area contributed by atoms with Crippen molar-refractivity contribution in [2.24, 2.45) is 11.8 Å². The lowest BCUT2D eigenvalue weighted by Gasteiger charge is -2.34. The molecule has 2 aromatic carbocycles. The van der Waals surface area contributed by atoms with Gasteiger partial charge in [0.15, 0.2) is 23.0 Å². The molecule has 0 radical (unpaired) electrons. The summed E-state index contributed by atoms with van der Waals surface area (Å²) in [5, 5.41) is 0. The third kappa shape index (κ3) is 3.09. The van der Waals surface area contributed by atoms with Crippen LogP contribution in [0, 0.1) is 11.8 Å². The summed E-state index contributed by atoms with van der Waals surface area (Å²) >= 11 is 0. The molecule has 3 atom stereocenters. The number of hydrogen-bond donors (Lipinski definition) is 0. The average Bonchev–Trinajstić information content (AvgIpc) is 3.15. The molecule has 30 heavy (non-hydrogen) atoms.